The molecule has 0 aliphatic rings. The van der Waals surface area contributed by atoms with Crippen LogP contribution in [0.2, 0.25) is 0 Å². The highest BCUT2D eigenvalue weighted by atomic mass is 32.2. The van der Waals surface area contributed by atoms with Crippen LogP contribution in [0.5, 0.6) is 0 Å². The molecule has 0 bridgehead atoms. The Kier molecular flexibility index (Phi) is 6.14. The number of allylic oxidation sites excluding steroid dienone is 1. The molecule has 8 nitrogen and oxygen atoms in total. The number of nitrogen functional groups attached to an aromatic ring is 1. The van der Waals surface area contributed by atoms with E-state index in [-0.39, 0.29) is 5.69 Å². The van der Waals surface area contributed by atoms with Gasteiger partial charge in [0, 0.05) is 37.8 Å². The van der Waals surface area contributed by atoms with Crippen LogP contribution >= 0.6 is 11.8 Å². The van der Waals surface area contributed by atoms with Crippen LogP contribution in [0.15, 0.2) is 88.5 Å². The molecule has 2 aromatic heterocycles. The first-order valence-corrected chi connectivity index (χ1v) is 13.2. The summed E-state index contributed by atoms with van der Waals surface area (Å²) in [6.07, 6.45) is 3.59. The van der Waals surface area contributed by atoms with Gasteiger partial charge in [0.15, 0.2) is 0 Å². The number of hydrogen-bond acceptors (Lipinski definition) is 8. The van der Waals surface area contributed by atoms with Crippen molar-refractivity contribution in [3.63, 3.8) is 0 Å². The lowest BCUT2D eigenvalue weighted by Crippen LogP contribution is -2.16. The lowest BCUT2D eigenvalue weighted by Gasteiger charge is -2.12. The first-order valence-electron chi connectivity index (χ1n) is 10.7. The minimum absolute atomic E-state index is 0.214. The van der Waals surface area contributed by atoms with Crippen molar-refractivity contribution in [1.82, 2.24) is 15.3 Å². The van der Waals surface area contributed by atoms with E-state index in [4.69, 9.17) is 10.4 Å². The number of benzene rings is 3. The van der Waals surface area contributed by atoms with E-state index < -0.39 is 15.8 Å². The Morgan fingerprint density at radius 1 is 1.03 bits per heavy atom. The first kappa shape index (κ1) is 22.9. The van der Waals surface area contributed by atoms with E-state index in [0.717, 1.165) is 21.2 Å². The zero-order chi connectivity index (χ0) is 24.4. The second-order valence-corrected chi connectivity index (χ2v) is 10.6. The quantitative estimate of drug-likeness (QED) is 0.222. The zero-order valence-electron chi connectivity index (χ0n) is 18.7. The molecule has 0 aliphatic heterocycles. The molecule has 176 valence electrons. The van der Waals surface area contributed by atoms with Gasteiger partial charge in [0.25, 0.3) is 0 Å². The van der Waals surface area contributed by atoms with Gasteiger partial charge in [0.05, 0.1) is 11.2 Å². The average Bonchev–Trinajstić information content (AvgIpc) is 3.30. The average molecular weight is 504 g/mol. The zero-order valence-corrected chi connectivity index (χ0v) is 20.3. The predicted octanol–water partition coefficient (Wildman–Crippen LogP) is 5.45. The van der Waals surface area contributed by atoms with Gasteiger partial charge in [-0.3, -0.25) is 9.71 Å². The second kappa shape index (κ2) is 9.40. The molecule has 0 amide bonds. The lowest BCUT2D eigenvalue weighted by atomic mass is 10.1. The Bertz CT molecular complexity index is 1670. The second-order valence-electron chi connectivity index (χ2n) is 7.75. The fourth-order valence-electron chi connectivity index (χ4n) is 3.82. The Morgan fingerprint density at radius 3 is 2.66 bits per heavy atom. The summed E-state index contributed by atoms with van der Waals surface area (Å²) < 4.78 is 33.8. The molecule has 0 saturated heterocycles. The van der Waals surface area contributed by atoms with Crippen LogP contribution in [0.4, 0.5) is 11.4 Å². The van der Waals surface area contributed by atoms with Gasteiger partial charge in [-0.05, 0) is 36.3 Å². The van der Waals surface area contributed by atoms with Crippen LogP contribution in [0.3, 0.4) is 0 Å². The summed E-state index contributed by atoms with van der Waals surface area (Å²) in [6, 6.07) is 20.5. The summed E-state index contributed by atoms with van der Waals surface area (Å²) in [4.78, 5) is 6.12. The number of pyridine rings is 1. The van der Waals surface area contributed by atoms with Crippen LogP contribution in [0.1, 0.15) is 18.3 Å². The molecule has 5 rings (SSSR count). The Hall–Kier alpha value is -3.89. The molecule has 0 fully saturated rings. The van der Waals surface area contributed by atoms with Crippen LogP contribution in [0.25, 0.3) is 26.6 Å². The van der Waals surface area contributed by atoms with Crippen molar-refractivity contribution in [1.29, 1.82) is 0 Å². The maximum absolute atomic E-state index is 13.1. The molecular formula is C25H21N5O3S2. The maximum Gasteiger partial charge on any atom is 0.238 e. The number of hydrogen-bond donors (Lipinski definition) is 2. The molecular weight excluding hydrogens is 482 g/mol. The molecule has 2 heterocycles. The smallest absolute Gasteiger partial charge is 0.238 e. The topological polar surface area (TPSA) is 124 Å². The summed E-state index contributed by atoms with van der Waals surface area (Å²) in [5.74, 6) is -0.407. The molecule has 0 spiro atoms. The molecule has 3 aromatic carbocycles. The van der Waals surface area contributed by atoms with Crippen LogP contribution in [0, 0.1) is 0 Å². The lowest BCUT2D eigenvalue weighted by molar-refractivity contribution is 0.303. The van der Waals surface area contributed by atoms with Gasteiger partial charge in [-0.1, -0.05) is 65.5 Å². The largest absolute Gasteiger partial charge is 0.398 e. The molecule has 10 heteroatoms. The number of nitrogens with zero attached hydrogens (tertiary/aromatic N) is 3. The summed E-state index contributed by atoms with van der Waals surface area (Å²) >= 11 is 1.43. The Labute approximate surface area is 206 Å². The van der Waals surface area contributed by atoms with Gasteiger partial charge in [-0.25, -0.2) is 13.0 Å². The molecule has 5 aromatic rings. The molecule has 3 N–H and O–H groups in total. The van der Waals surface area contributed by atoms with Gasteiger partial charge >= 0.3 is 0 Å². The van der Waals surface area contributed by atoms with Crippen molar-refractivity contribution in [3.05, 3.63) is 90.4 Å². The number of nitrogens with one attached hydrogen (secondary N) is 1. The number of thioether (sulfide) groups is 1. The number of aromatic nitrogens is 3. The molecule has 0 saturated carbocycles. The minimum Gasteiger partial charge on any atom is -0.398 e. The summed E-state index contributed by atoms with van der Waals surface area (Å²) in [5, 5.41) is 10.4. The van der Waals surface area contributed by atoms with E-state index in [1.165, 1.54) is 11.8 Å². The third-order valence-corrected chi connectivity index (χ3v) is 7.80. The van der Waals surface area contributed by atoms with Crippen molar-refractivity contribution >= 4 is 59.7 Å². The number of fused-ring (bicyclic) bond motifs is 2. The summed E-state index contributed by atoms with van der Waals surface area (Å²) in [7, 11) is -3.84. The molecule has 35 heavy (non-hydrogen) atoms. The number of nitrogens with two attached hydrogens (primary N) is 1. The maximum atomic E-state index is 13.1. The van der Waals surface area contributed by atoms with Crippen LogP contribution < -0.4 is 10.5 Å². The van der Waals surface area contributed by atoms with Crippen molar-refractivity contribution in [2.45, 2.75) is 17.6 Å². The number of para-hydroxylation sites is 1. The van der Waals surface area contributed by atoms with E-state index in [1.54, 1.807) is 30.5 Å². The summed E-state index contributed by atoms with van der Waals surface area (Å²) in [6.45, 7) is 1.85. The van der Waals surface area contributed by atoms with Gasteiger partial charge < -0.3 is 5.73 Å². The third-order valence-electron chi connectivity index (χ3n) is 5.42. The molecule has 0 atom stereocenters. The predicted molar refractivity (Wildman–Crippen MR) is 140 cm³/mol. The monoisotopic (exact) mass is 503 g/mol. The van der Waals surface area contributed by atoms with Gasteiger partial charge in [-0.15, -0.1) is 0 Å². The van der Waals surface area contributed by atoms with Gasteiger partial charge in [0.2, 0.25) is 10.0 Å². The SMILES string of the molecule is C/C=C(/Sc1cccc2cccnc12)c1nonc1CS(=O)(=O)Nc1cccc2c(N)cccc12. The van der Waals surface area contributed by atoms with Crippen molar-refractivity contribution in [2.75, 3.05) is 10.5 Å². The van der Waals surface area contributed by atoms with Gasteiger partial charge in [-0.2, -0.15) is 0 Å². The van der Waals surface area contributed by atoms with E-state index in [2.05, 4.69) is 20.0 Å². The summed E-state index contributed by atoms with van der Waals surface area (Å²) in [5.41, 5.74) is 8.49. The van der Waals surface area contributed by atoms with Crippen molar-refractivity contribution in [3.8, 4) is 0 Å². The standard InChI is InChI=1S/C25H21N5O3S2/c1-2-22(34-23-13-3-7-16-8-6-14-27-24(16)23)25-21(28-33-29-25)15-35(31,32)30-20-12-5-9-17-18(20)10-4-11-19(17)26/h2-14,30H,15,26H2,1H3/b22-2+. The highest BCUT2D eigenvalue weighted by Gasteiger charge is 2.23. The molecule has 0 radical (unpaired) electrons. The highest BCUT2D eigenvalue weighted by Crippen LogP contribution is 2.38. The van der Waals surface area contributed by atoms with Crippen molar-refractivity contribution < 1.29 is 13.0 Å². The van der Waals surface area contributed by atoms with Crippen molar-refractivity contribution in [2.24, 2.45) is 0 Å². The number of rotatable bonds is 7. The first-order chi connectivity index (χ1) is 16.9. The number of sulfonamides is 1. The third kappa shape index (κ3) is 4.71. The van der Waals surface area contributed by atoms with Gasteiger partial charge in [0.1, 0.15) is 17.1 Å². The van der Waals surface area contributed by atoms with Crippen LogP contribution in [-0.4, -0.2) is 23.7 Å². The number of anilines is 2. The minimum atomic E-state index is -3.84. The Morgan fingerprint density at radius 2 is 1.80 bits per heavy atom. The van der Waals surface area contributed by atoms with E-state index in [0.29, 0.717) is 27.4 Å². The Balaban J connectivity index is 1.42. The van der Waals surface area contributed by atoms with E-state index >= 15 is 0 Å². The fraction of sp³-hybridized carbons (Fsp3) is 0.0800. The molecule has 0 unspecified atom stereocenters. The molecule has 0 aliphatic carbocycles. The van der Waals surface area contributed by atoms with E-state index in [1.807, 2.05) is 55.5 Å². The fourth-order valence-corrected chi connectivity index (χ4v) is 5.97. The highest BCUT2D eigenvalue weighted by molar-refractivity contribution is 8.08. The normalized spacial score (nSPS) is 12.3. The van der Waals surface area contributed by atoms with Crippen LogP contribution in [-0.2, 0) is 15.8 Å². The van der Waals surface area contributed by atoms with E-state index in [9.17, 15) is 8.42 Å².